The highest BCUT2D eigenvalue weighted by atomic mass is 32.2. The van der Waals surface area contributed by atoms with Gasteiger partial charge in [0.1, 0.15) is 0 Å². The maximum atomic E-state index is 10.6. The van der Waals surface area contributed by atoms with Crippen molar-refractivity contribution < 1.29 is 14.1 Å². The molecule has 0 saturated carbocycles. The fourth-order valence-electron chi connectivity index (χ4n) is 0.306. The second kappa shape index (κ2) is 4.93. The second-order valence-corrected chi connectivity index (χ2v) is 2.84. The highest BCUT2D eigenvalue weighted by Gasteiger charge is 1.90. The van der Waals surface area contributed by atoms with Gasteiger partial charge in [0.25, 0.3) is 0 Å². The molecule has 0 heterocycles. The lowest BCUT2D eigenvalue weighted by Gasteiger charge is -1.84. The van der Waals surface area contributed by atoms with Crippen LogP contribution in [0.1, 0.15) is 0 Å². The van der Waals surface area contributed by atoms with Crippen LogP contribution in [0.3, 0.4) is 0 Å². The van der Waals surface area contributed by atoms with Crippen LogP contribution in [0.25, 0.3) is 0 Å². The van der Waals surface area contributed by atoms with Gasteiger partial charge in [-0.25, -0.2) is 4.79 Å². The van der Waals surface area contributed by atoms with Gasteiger partial charge in [0.2, 0.25) is 0 Å². The average Bonchev–Trinajstić information content (AvgIpc) is 1.85. The van der Waals surface area contributed by atoms with Gasteiger partial charge >= 0.3 is 5.97 Å². The average molecular weight is 160 g/mol. The van der Waals surface area contributed by atoms with Crippen LogP contribution in [0.15, 0.2) is 24.1 Å². The summed E-state index contributed by atoms with van der Waals surface area (Å²) in [5, 5.41) is 9.21. The molecule has 0 amide bonds. The molecular weight excluding hydrogens is 152 g/mol. The molecule has 0 aromatic rings. The van der Waals surface area contributed by atoms with Gasteiger partial charge in [0, 0.05) is 28.0 Å². The smallest absolute Gasteiger partial charge is 0.328 e. The van der Waals surface area contributed by atoms with Crippen molar-refractivity contribution in [2.24, 2.45) is 0 Å². The molecule has 3 nitrogen and oxygen atoms in total. The van der Waals surface area contributed by atoms with Crippen LogP contribution in [-0.4, -0.2) is 21.0 Å². The van der Waals surface area contributed by atoms with Crippen LogP contribution in [0, 0.1) is 0 Å². The van der Waals surface area contributed by atoms with Crippen LogP contribution in [0.5, 0.6) is 0 Å². The number of carboxylic acids is 1. The summed E-state index contributed by atoms with van der Waals surface area (Å²) in [4.78, 5) is 9.86. The largest absolute Gasteiger partial charge is 0.478 e. The monoisotopic (exact) mass is 160 g/mol. The normalized spacial score (nSPS) is 13.2. The van der Waals surface area contributed by atoms with Gasteiger partial charge in [-0.15, -0.1) is 6.58 Å². The molecule has 10 heavy (non-hydrogen) atoms. The van der Waals surface area contributed by atoms with Crippen LogP contribution in [0.4, 0.5) is 0 Å². The zero-order valence-electron chi connectivity index (χ0n) is 5.32. The van der Waals surface area contributed by atoms with Crippen LogP contribution < -0.4 is 0 Å². The summed E-state index contributed by atoms with van der Waals surface area (Å²) in [6.45, 7) is 3.35. The highest BCUT2D eigenvalue weighted by Crippen LogP contribution is 1.84. The standard InChI is InChI=1S/C6H8O3S/c1-2-4-10(9)5-3-6(7)8/h2-3,5H,1,4H2,(H,7,8). The summed E-state index contributed by atoms with van der Waals surface area (Å²) in [7, 11) is -1.22. The predicted molar refractivity (Wildman–Crippen MR) is 40.0 cm³/mol. The molecule has 0 fully saturated rings. The van der Waals surface area contributed by atoms with E-state index in [1.54, 1.807) is 0 Å². The van der Waals surface area contributed by atoms with Crippen molar-refractivity contribution >= 4 is 16.8 Å². The number of rotatable bonds is 4. The summed E-state index contributed by atoms with van der Waals surface area (Å²) in [6.07, 6.45) is 2.34. The van der Waals surface area contributed by atoms with E-state index in [-0.39, 0.29) is 0 Å². The van der Waals surface area contributed by atoms with E-state index in [9.17, 15) is 9.00 Å². The number of carboxylic acid groups (broad SMARTS) is 1. The number of carbonyl (C=O) groups is 1. The minimum atomic E-state index is -1.22. The van der Waals surface area contributed by atoms with Crippen molar-refractivity contribution in [2.75, 3.05) is 5.75 Å². The second-order valence-electron chi connectivity index (χ2n) is 1.48. The van der Waals surface area contributed by atoms with E-state index >= 15 is 0 Å². The highest BCUT2D eigenvalue weighted by molar-refractivity contribution is 7.88. The van der Waals surface area contributed by atoms with Crippen LogP contribution in [0.2, 0.25) is 0 Å². The van der Waals surface area contributed by atoms with Gasteiger partial charge in [-0.2, -0.15) is 0 Å². The summed E-state index contributed by atoms with van der Waals surface area (Å²) in [5.41, 5.74) is 0. The Kier molecular flexibility index (Phi) is 4.49. The molecule has 0 saturated heterocycles. The molecule has 0 rings (SSSR count). The quantitative estimate of drug-likeness (QED) is 0.482. The maximum Gasteiger partial charge on any atom is 0.328 e. The first kappa shape index (κ1) is 9.10. The fraction of sp³-hybridized carbons (Fsp3) is 0.167. The van der Waals surface area contributed by atoms with E-state index in [4.69, 9.17) is 5.11 Å². The van der Waals surface area contributed by atoms with Crippen molar-refractivity contribution in [3.05, 3.63) is 24.1 Å². The third-order valence-electron chi connectivity index (χ3n) is 0.645. The van der Waals surface area contributed by atoms with Crippen molar-refractivity contribution in [2.45, 2.75) is 0 Å². The number of aliphatic carboxylic acids is 1. The van der Waals surface area contributed by atoms with Crippen LogP contribution >= 0.6 is 0 Å². The Morgan fingerprint density at radius 2 is 2.30 bits per heavy atom. The molecule has 0 aromatic heterocycles. The van der Waals surface area contributed by atoms with Crippen molar-refractivity contribution in [3.8, 4) is 0 Å². The van der Waals surface area contributed by atoms with Crippen molar-refractivity contribution in [3.63, 3.8) is 0 Å². The molecule has 1 N–H and O–H groups in total. The Bertz CT molecular complexity index is 183. The van der Waals surface area contributed by atoms with Gasteiger partial charge in [0.05, 0.1) is 0 Å². The number of hydrogen-bond acceptors (Lipinski definition) is 2. The van der Waals surface area contributed by atoms with Crippen molar-refractivity contribution in [1.82, 2.24) is 0 Å². The molecule has 56 valence electrons. The summed E-state index contributed by atoms with van der Waals surface area (Å²) < 4.78 is 10.6. The molecule has 0 aliphatic heterocycles. The van der Waals surface area contributed by atoms with Gasteiger partial charge in [-0.3, -0.25) is 4.21 Å². The predicted octanol–water partition coefficient (Wildman–Crippen LogP) is 0.519. The fourth-order valence-corrected chi connectivity index (χ4v) is 0.917. The molecule has 1 unspecified atom stereocenters. The van der Waals surface area contributed by atoms with E-state index in [1.165, 1.54) is 6.08 Å². The van der Waals surface area contributed by atoms with E-state index in [0.29, 0.717) is 5.75 Å². The first-order chi connectivity index (χ1) is 4.66. The molecule has 0 aromatic carbocycles. The molecule has 0 aliphatic rings. The third-order valence-corrected chi connectivity index (χ3v) is 1.65. The molecular formula is C6H8O3S. The van der Waals surface area contributed by atoms with Gasteiger partial charge in [-0.1, -0.05) is 6.08 Å². The first-order valence-electron chi connectivity index (χ1n) is 2.56. The van der Waals surface area contributed by atoms with Gasteiger partial charge in [0.15, 0.2) is 0 Å². The molecule has 1 atom stereocenters. The lowest BCUT2D eigenvalue weighted by Crippen LogP contribution is -1.91. The zero-order valence-corrected chi connectivity index (χ0v) is 6.13. The summed E-state index contributed by atoms with van der Waals surface area (Å²) in [6, 6.07) is 0. The lowest BCUT2D eigenvalue weighted by molar-refractivity contribution is -0.131. The molecule has 0 aliphatic carbocycles. The summed E-state index contributed by atoms with van der Waals surface area (Å²) >= 11 is 0. The molecule has 0 bridgehead atoms. The van der Waals surface area contributed by atoms with Gasteiger partial charge < -0.3 is 5.11 Å². The van der Waals surface area contributed by atoms with Crippen molar-refractivity contribution in [1.29, 1.82) is 0 Å². The Hall–Kier alpha value is -0.900. The molecule has 0 spiro atoms. The summed E-state index contributed by atoms with van der Waals surface area (Å²) in [5.74, 6) is -0.790. The Morgan fingerprint density at radius 1 is 1.70 bits per heavy atom. The minimum Gasteiger partial charge on any atom is -0.478 e. The lowest BCUT2D eigenvalue weighted by atomic mass is 10.7. The van der Waals surface area contributed by atoms with E-state index < -0.39 is 16.8 Å². The molecule has 4 heteroatoms. The SMILES string of the molecule is C=CCS(=O)C=CC(=O)O. The van der Waals surface area contributed by atoms with E-state index in [0.717, 1.165) is 11.5 Å². The van der Waals surface area contributed by atoms with E-state index in [2.05, 4.69) is 6.58 Å². The topological polar surface area (TPSA) is 54.4 Å². The Labute approximate surface area is 61.5 Å². The van der Waals surface area contributed by atoms with E-state index in [1.807, 2.05) is 0 Å². The first-order valence-corrected chi connectivity index (χ1v) is 3.94. The Morgan fingerprint density at radius 3 is 2.70 bits per heavy atom. The minimum absolute atomic E-state index is 0.295. The Balaban J connectivity index is 3.77. The van der Waals surface area contributed by atoms with Crippen LogP contribution in [-0.2, 0) is 15.6 Å². The zero-order chi connectivity index (χ0) is 7.98. The number of hydrogen-bond donors (Lipinski definition) is 1. The third kappa shape index (κ3) is 5.24. The maximum absolute atomic E-state index is 10.6. The van der Waals surface area contributed by atoms with Gasteiger partial charge in [-0.05, 0) is 0 Å². The molecule has 0 radical (unpaired) electrons.